The van der Waals surface area contributed by atoms with Gasteiger partial charge in [0.05, 0.1) is 12.2 Å². The van der Waals surface area contributed by atoms with Crippen LogP contribution in [0.15, 0.2) is 24.8 Å². The number of alkyl halides is 2. The van der Waals surface area contributed by atoms with Crippen molar-refractivity contribution in [3.63, 3.8) is 0 Å². The van der Waals surface area contributed by atoms with Crippen molar-refractivity contribution < 1.29 is 27.1 Å². The zero-order valence-electron chi connectivity index (χ0n) is 12.1. The SMILES string of the molecule is C=CC(=O)OCCCCCCc1cc(F)c(C(F)F)c(F)c1. The van der Waals surface area contributed by atoms with Crippen LogP contribution in [-0.2, 0) is 16.0 Å². The molecule has 0 saturated heterocycles. The number of aryl methyl sites for hydroxylation is 1. The van der Waals surface area contributed by atoms with E-state index in [4.69, 9.17) is 4.74 Å². The maximum Gasteiger partial charge on any atom is 0.330 e. The summed E-state index contributed by atoms with van der Waals surface area (Å²) in [7, 11) is 0. The van der Waals surface area contributed by atoms with Gasteiger partial charge in [-0.05, 0) is 37.0 Å². The molecule has 0 fully saturated rings. The molecule has 0 aromatic heterocycles. The van der Waals surface area contributed by atoms with E-state index in [9.17, 15) is 22.4 Å². The molecule has 0 N–H and O–H groups in total. The molecule has 0 atom stereocenters. The van der Waals surface area contributed by atoms with Crippen molar-refractivity contribution in [2.75, 3.05) is 6.61 Å². The lowest BCUT2D eigenvalue weighted by Crippen LogP contribution is -2.01. The third kappa shape index (κ3) is 5.87. The minimum absolute atomic E-state index is 0.303. The number of esters is 1. The van der Waals surface area contributed by atoms with Crippen LogP contribution in [0, 0.1) is 11.6 Å². The van der Waals surface area contributed by atoms with Crippen LogP contribution >= 0.6 is 0 Å². The third-order valence-corrected chi connectivity index (χ3v) is 3.13. The molecule has 2 nitrogen and oxygen atoms in total. The van der Waals surface area contributed by atoms with Crippen LogP contribution in [-0.4, -0.2) is 12.6 Å². The molecule has 22 heavy (non-hydrogen) atoms. The highest BCUT2D eigenvalue weighted by atomic mass is 19.3. The molecule has 6 heteroatoms. The molecule has 0 bridgehead atoms. The van der Waals surface area contributed by atoms with Crippen LogP contribution in [0.4, 0.5) is 17.6 Å². The lowest BCUT2D eigenvalue weighted by Gasteiger charge is -2.07. The van der Waals surface area contributed by atoms with Gasteiger partial charge in [-0.25, -0.2) is 22.4 Å². The first-order valence-corrected chi connectivity index (χ1v) is 7.01. The first-order valence-electron chi connectivity index (χ1n) is 7.01. The number of rotatable bonds is 9. The standard InChI is InChI=1S/C16H18F4O2/c1-2-14(21)22-8-6-4-3-5-7-11-9-12(17)15(16(19)20)13(18)10-11/h2,9-10,16H,1,3-8H2. The van der Waals surface area contributed by atoms with E-state index < -0.39 is 29.6 Å². The number of benzene rings is 1. The van der Waals surface area contributed by atoms with Gasteiger partial charge in [0.1, 0.15) is 11.6 Å². The summed E-state index contributed by atoms with van der Waals surface area (Å²) in [5, 5.41) is 0. The fourth-order valence-electron chi connectivity index (χ4n) is 2.01. The molecule has 0 aliphatic carbocycles. The molecule has 0 radical (unpaired) electrons. The second-order valence-electron chi connectivity index (χ2n) is 4.81. The molecule has 1 aromatic rings. The van der Waals surface area contributed by atoms with Crippen LogP contribution in [0.2, 0.25) is 0 Å². The van der Waals surface area contributed by atoms with Crippen LogP contribution in [0.3, 0.4) is 0 Å². The topological polar surface area (TPSA) is 26.3 Å². The van der Waals surface area contributed by atoms with Crippen LogP contribution in [0.5, 0.6) is 0 Å². The Hall–Kier alpha value is -1.85. The molecule has 0 aliphatic heterocycles. The number of carbonyl (C=O) groups is 1. The molecule has 0 aliphatic rings. The molecular weight excluding hydrogens is 300 g/mol. The zero-order valence-corrected chi connectivity index (χ0v) is 12.1. The Morgan fingerprint density at radius 1 is 1.14 bits per heavy atom. The molecule has 1 aromatic carbocycles. The monoisotopic (exact) mass is 318 g/mol. The van der Waals surface area contributed by atoms with Gasteiger partial charge in [0, 0.05) is 6.08 Å². The molecule has 0 amide bonds. The molecular formula is C16H18F4O2. The minimum atomic E-state index is -3.16. The summed E-state index contributed by atoms with van der Waals surface area (Å²) in [4.78, 5) is 10.8. The van der Waals surface area contributed by atoms with E-state index >= 15 is 0 Å². The summed E-state index contributed by atoms with van der Waals surface area (Å²) in [6.45, 7) is 3.57. The largest absolute Gasteiger partial charge is 0.463 e. The van der Waals surface area contributed by atoms with E-state index in [0.717, 1.165) is 31.1 Å². The minimum Gasteiger partial charge on any atom is -0.463 e. The number of hydrogen-bond acceptors (Lipinski definition) is 2. The van der Waals surface area contributed by atoms with E-state index in [-0.39, 0.29) is 0 Å². The second kappa shape index (κ2) is 9.23. The Kier molecular flexibility index (Phi) is 7.63. The molecule has 0 spiro atoms. The van der Waals surface area contributed by atoms with Gasteiger partial charge in [0.2, 0.25) is 0 Å². The molecule has 0 saturated carbocycles. The Balaban J connectivity index is 2.31. The lowest BCUT2D eigenvalue weighted by molar-refractivity contribution is -0.137. The fraction of sp³-hybridized carbons (Fsp3) is 0.438. The van der Waals surface area contributed by atoms with Gasteiger partial charge >= 0.3 is 5.97 Å². The fourth-order valence-corrected chi connectivity index (χ4v) is 2.01. The van der Waals surface area contributed by atoms with Crippen LogP contribution < -0.4 is 0 Å². The molecule has 0 unspecified atom stereocenters. The van der Waals surface area contributed by atoms with E-state index in [1.54, 1.807) is 0 Å². The summed E-state index contributed by atoms with van der Waals surface area (Å²) in [6.07, 6.45) is 1.27. The average Bonchev–Trinajstić information content (AvgIpc) is 2.44. The Labute approximate surface area is 126 Å². The third-order valence-electron chi connectivity index (χ3n) is 3.13. The summed E-state index contributed by atoms with van der Waals surface area (Å²) in [6, 6.07) is 1.91. The summed E-state index contributed by atoms with van der Waals surface area (Å²) in [5.74, 6) is -2.88. The van der Waals surface area contributed by atoms with Crippen molar-refractivity contribution >= 4 is 5.97 Å². The van der Waals surface area contributed by atoms with Gasteiger partial charge in [-0.2, -0.15) is 0 Å². The maximum atomic E-state index is 13.4. The highest BCUT2D eigenvalue weighted by Gasteiger charge is 2.19. The number of ether oxygens (including phenoxy) is 1. The smallest absolute Gasteiger partial charge is 0.330 e. The van der Waals surface area contributed by atoms with Crippen molar-refractivity contribution in [2.45, 2.75) is 38.5 Å². The Bertz CT molecular complexity index is 492. The van der Waals surface area contributed by atoms with E-state index in [1.807, 2.05) is 0 Å². The highest BCUT2D eigenvalue weighted by molar-refractivity contribution is 5.81. The van der Waals surface area contributed by atoms with Crippen molar-refractivity contribution in [2.24, 2.45) is 0 Å². The van der Waals surface area contributed by atoms with Crippen LogP contribution in [0.25, 0.3) is 0 Å². The summed E-state index contributed by atoms with van der Waals surface area (Å²) < 4.78 is 56.3. The molecule has 1 rings (SSSR count). The van der Waals surface area contributed by atoms with E-state index in [1.165, 1.54) is 0 Å². The van der Waals surface area contributed by atoms with Gasteiger partial charge in [0.15, 0.2) is 0 Å². The summed E-state index contributed by atoms with van der Waals surface area (Å²) >= 11 is 0. The lowest BCUT2D eigenvalue weighted by atomic mass is 10.0. The normalized spacial score (nSPS) is 10.8. The van der Waals surface area contributed by atoms with Crippen molar-refractivity contribution in [3.8, 4) is 0 Å². The summed E-state index contributed by atoms with van der Waals surface area (Å²) in [5.41, 5.74) is -0.815. The first kappa shape index (κ1) is 18.2. The van der Waals surface area contributed by atoms with Gasteiger partial charge in [-0.3, -0.25) is 0 Å². The highest BCUT2D eigenvalue weighted by Crippen LogP contribution is 2.26. The Morgan fingerprint density at radius 2 is 1.73 bits per heavy atom. The van der Waals surface area contributed by atoms with Gasteiger partial charge in [-0.1, -0.05) is 19.4 Å². The van der Waals surface area contributed by atoms with Crippen molar-refractivity contribution in [3.05, 3.63) is 47.5 Å². The van der Waals surface area contributed by atoms with Crippen molar-refractivity contribution in [1.82, 2.24) is 0 Å². The predicted octanol–water partition coefficient (Wildman–Crippen LogP) is 4.73. The Morgan fingerprint density at radius 3 is 2.27 bits per heavy atom. The number of unbranched alkanes of at least 4 members (excludes halogenated alkanes) is 3. The van der Waals surface area contributed by atoms with Gasteiger partial charge < -0.3 is 4.74 Å². The number of hydrogen-bond donors (Lipinski definition) is 0. The van der Waals surface area contributed by atoms with Gasteiger partial charge in [-0.15, -0.1) is 0 Å². The quantitative estimate of drug-likeness (QED) is 0.285. The van der Waals surface area contributed by atoms with Gasteiger partial charge in [0.25, 0.3) is 6.43 Å². The van der Waals surface area contributed by atoms with E-state index in [0.29, 0.717) is 31.4 Å². The van der Waals surface area contributed by atoms with E-state index in [2.05, 4.69) is 6.58 Å². The van der Waals surface area contributed by atoms with Crippen LogP contribution in [0.1, 0.15) is 43.2 Å². The number of carbonyl (C=O) groups excluding carboxylic acids is 1. The van der Waals surface area contributed by atoms with Crippen molar-refractivity contribution in [1.29, 1.82) is 0 Å². The second-order valence-corrected chi connectivity index (χ2v) is 4.81. The first-order chi connectivity index (χ1) is 10.5. The molecule has 0 heterocycles. The zero-order chi connectivity index (χ0) is 16.5. The predicted molar refractivity (Wildman–Crippen MR) is 74.6 cm³/mol. The maximum absolute atomic E-state index is 13.4. The average molecular weight is 318 g/mol. The number of halogens is 4. The molecule has 122 valence electrons.